The first-order valence-corrected chi connectivity index (χ1v) is 9.37. The standard InChI is InChI=1S/C19H31BN2O4/c1-17(2,3)24-16(23)22-10-8-9-13-11-14(12-21-15(13)22)20-25-18(4,5)19(6,7)26-20/h11-12,16,23H,8-10H2,1-7H3. The molecule has 144 valence electrons. The van der Waals surface area contributed by atoms with Gasteiger partial charge in [-0.05, 0) is 66.9 Å². The fourth-order valence-electron chi connectivity index (χ4n) is 3.21. The number of nitrogens with zero attached hydrogens (tertiary/aromatic N) is 2. The van der Waals surface area contributed by atoms with E-state index >= 15 is 0 Å². The summed E-state index contributed by atoms with van der Waals surface area (Å²) in [6.45, 7) is 14.7. The van der Waals surface area contributed by atoms with Gasteiger partial charge in [-0.3, -0.25) is 0 Å². The number of pyridine rings is 1. The van der Waals surface area contributed by atoms with Crippen molar-refractivity contribution < 1.29 is 19.2 Å². The zero-order chi connectivity index (χ0) is 19.3. The molecule has 0 radical (unpaired) electrons. The summed E-state index contributed by atoms with van der Waals surface area (Å²) in [5.74, 6) is 0.772. The SMILES string of the molecule is CC(C)(C)OC(O)N1CCCc2cc(B3OC(C)(C)C(C)(C)O3)cnc21. The summed E-state index contributed by atoms with van der Waals surface area (Å²) < 4.78 is 18.0. The number of aliphatic hydroxyl groups is 1. The van der Waals surface area contributed by atoms with Crippen molar-refractivity contribution in [1.29, 1.82) is 0 Å². The van der Waals surface area contributed by atoms with Crippen LogP contribution in [0.25, 0.3) is 0 Å². The number of aromatic nitrogens is 1. The number of ether oxygens (including phenoxy) is 1. The van der Waals surface area contributed by atoms with E-state index in [0.717, 1.165) is 29.7 Å². The monoisotopic (exact) mass is 362 g/mol. The molecular weight excluding hydrogens is 331 g/mol. The summed E-state index contributed by atoms with van der Waals surface area (Å²) in [4.78, 5) is 6.44. The molecule has 0 amide bonds. The van der Waals surface area contributed by atoms with E-state index in [1.165, 1.54) is 0 Å². The van der Waals surface area contributed by atoms with Crippen molar-refractivity contribution in [1.82, 2.24) is 4.98 Å². The fraction of sp³-hybridized carbons (Fsp3) is 0.737. The van der Waals surface area contributed by atoms with Gasteiger partial charge < -0.3 is 24.1 Å². The molecule has 1 unspecified atom stereocenters. The first-order valence-electron chi connectivity index (χ1n) is 9.37. The third-order valence-corrected chi connectivity index (χ3v) is 5.33. The van der Waals surface area contributed by atoms with Gasteiger partial charge in [0, 0.05) is 18.2 Å². The molecule has 0 saturated carbocycles. The van der Waals surface area contributed by atoms with Crippen molar-refractivity contribution in [2.75, 3.05) is 11.4 Å². The van der Waals surface area contributed by atoms with Gasteiger partial charge in [0.15, 0.2) is 0 Å². The van der Waals surface area contributed by atoms with Crippen LogP contribution in [0.2, 0.25) is 0 Å². The number of rotatable bonds is 3. The molecule has 2 aliphatic heterocycles. The van der Waals surface area contributed by atoms with E-state index in [0.29, 0.717) is 6.54 Å². The largest absolute Gasteiger partial charge is 0.496 e. The lowest BCUT2D eigenvalue weighted by Gasteiger charge is -2.36. The topological polar surface area (TPSA) is 64.1 Å². The second-order valence-electron chi connectivity index (χ2n) is 9.19. The van der Waals surface area contributed by atoms with Crippen LogP contribution in [0.5, 0.6) is 0 Å². The summed E-state index contributed by atoms with van der Waals surface area (Å²) in [5, 5.41) is 10.5. The normalized spacial score (nSPS) is 23.1. The lowest BCUT2D eigenvalue weighted by atomic mass is 9.79. The Morgan fingerprint density at radius 3 is 2.42 bits per heavy atom. The van der Waals surface area contributed by atoms with Crippen molar-refractivity contribution in [2.45, 2.75) is 84.5 Å². The molecule has 0 bridgehead atoms. The van der Waals surface area contributed by atoms with Crippen molar-refractivity contribution in [3.05, 3.63) is 17.8 Å². The third kappa shape index (κ3) is 3.76. The Hall–Kier alpha value is -1.15. The number of hydrogen-bond acceptors (Lipinski definition) is 6. The molecule has 7 heteroatoms. The van der Waals surface area contributed by atoms with E-state index < -0.39 is 19.1 Å². The predicted molar refractivity (Wildman–Crippen MR) is 102 cm³/mol. The van der Waals surface area contributed by atoms with Crippen molar-refractivity contribution in [2.24, 2.45) is 0 Å². The molecule has 0 spiro atoms. The minimum Gasteiger partial charge on any atom is -0.399 e. The molecule has 0 aliphatic carbocycles. The number of fused-ring (bicyclic) bond motifs is 1. The van der Waals surface area contributed by atoms with Crippen molar-refractivity contribution in [3.8, 4) is 0 Å². The minimum absolute atomic E-state index is 0.379. The Bertz CT molecular complexity index is 656. The lowest BCUT2D eigenvalue weighted by Crippen LogP contribution is -2.45. The molecule has 2 aliphatic rings. The first-order chi connectivity index (χ1) is 11.9. The van der Waals surface area contributed by atoms with Crippen LogP contribution >= 0.6 is 0 Å². The molecule has 1 atom stereocenters. The van der Waals surface area contributed by atoms with Crippen LogP contribution in [-0.4, -0.2) is 47.0 Å². The van der Waals surface area contributed by atoms with E-state index in [-0.39, 0.29) is 11.2 Å². The highest BCUT2D eigenvalue weighted by Crippen LogP contribution is 2.37. The van der Waals surface area contributed by atoms with Gasteiger partial charge in [-0.1, -0.05) is 6.07 Å². The fourth-order valence-corrected chi connectivity index (χ4v) is 3.21. The van der Waals surface area contributed by atoms with Crippen LogP contribution in [0.4, 0.5) is 5.82 Å². The highest BCUT2D eigenvalue weighted by molar-refractivity contribution is 6.62. The van der Waals surface area contributed by atoms with Gasteiger partial charge in [0.05, 0.1) is 16.8 Å². The maximum absolute atomic E-state index is 10.5. The van der Waals surface area contributed by atoms with E-state index in [9.17, 15) is 5.11 Å². The second kappa shape index (κ2) is 6.48. The van der Waals surface area contributed by atoms with E-state index in [4.69, 9.17) is 14.0 Å². The maximum atomic E-state index is 10.5. The molecule has 6 nitrogen and oxygen atoms in total. The van der Waals surface area contributed by atoms with E-state index in [1.54, 1.807) is 6.20 Å². The van der Waals surface area contributed by atoms with Crippen molar-refractivity contribution in [3.63, 3.8) is 0 Å². The van der Waals surface area contributed by atoms with Crippen LogP contribution in [0.1, 0.15) is 60.5 Å². The Morgan fingerprint density at radius 1 is 1.23 bits per heavy atom. The highest BCUT2D eigenvalue weighted by Gasteiger charge is 2.52. The van der Waals surface area contributed by atoms with Crippen LogP contribution in [0, 0.1) is 0 Å². The molecule has 26 heavy (non-hydrogen) atoms. The molecule has 1 fully saturated rings. The molecule has 1 saturated heterocycles. The summed E-state index contributed by atoms with van der Waals surface area (Å²) in [6, 6.07) is 2.08. The smallest absolute Gasteiger partial charge is 0.399 e. The molecule has 1 aromatic rings. The predicted octanol–water partition coefficient (Wildman–Crippen LogP) is 2.22. The van der Waals surface area contributed by atoms with E-state index in [2.05, 4.69) is 11.1 Å². The van der Waals surface area contributed by atoms with Crippen LogP contribution in [0.3, 0.4) is 0 Å². The van der Waals surface area contributed by atoms with Gasteiger partial charge in [0.1, 0.15) is 5.82 Å². The number of aliphatic hydroxyl groups excluding tert-OH is 1. The van der Waals surface area contributed by atoms with Gasteiger partial charge in [0.2, 0.25) is 6.41 Å². The van der Waals surface area contributed by atoms with Gasteiger partial charge in [-0.25, -0.2) is 4.98 Å². The number of aryl methyl sites for hydroxylation is 1. The highest BCUT2D eigenvalue weighted by atomic mass is 16.7. The van der Waals surface area contributed by atoms with Gasteiger partial charge in [-0.2, -0.15) is 0 Å². The zero-order valence-corrected chi connectivity index (χ0v) is 17.0. The second-order valence-corrected chi connectivity index (χ2v) is 9.19. The first kappa shape index (κ1) is 19.6. The van der Waals surface area contributed by atoms with Crippen LogP contribution in [-0.2, 0) is 20.5 Å². The maximum Gasteiger partial charge on any atom is 0.496 e. The Balaban J connectivity index is 1.83. The van der Waals surface area contributed by atoms with Crippen molar-refractivity contribution >= 4 is 18.4 Å². The molecular formula is C19H31BN2O4. The molecule has 1 aromatic heterocycles. The number of hydrogen-bond donors (Lipinski definition) is 1. The summed E-state index contributed by atoms with van der Waals surface area (Å²) in [5.41, 5.74) is 0.808. The molecule has 1 N–H and O–H groups in total. The molecule has 3 heterocycles. The number of anilines is 1. The van der Waals surface area contributed by atoms with Crippen LogP contribution in [0.15, 0.2) is 12.3 Å². The molecule has 0 aromatic carbocycles. The zero-order valence-electron chi connectivity index (χ0n) is 17.0. The summed E-state index contributed by atoms with van der Waals surface area (Å²) in [7, 11) is -0.427. The Morgan fingerprint density at radius 2 is 1.85 bits per heavy atom. The quantitative estimate of drug-likeness (QED) is 0.657. The summed E-state index contributed by atoms with van der Waals surface area (Å²) in [6.07, 6.45) is 2.62. The Labute approximate surface area is 157 Å². The minimum atomic E-state index is -1.01. The van der Waals surface area contributed by atoms with Gasteiger partial charge in [0.25, 0.3) is 0 Å². The van der Waals surface area contributed by atoms with Crippen LogP contribution < -0.4 is 10.4 Å². The third-order valence-electron chi connectivity index (χ3n) is 5.33. The average molecular weight is 362 g/mol. The molecule has 3 rings (SSSR count). The average Bonchev–Trinajstić information content (AvgIpc) is 2.72. The van der Waals surface area contributed by atoms with Gasteiger partial charge >= 0.3 is 7.12 Å². The lowest BCUT2D eigenvalue weighted by molar-refractivity contribution is -0.165. The summed E-state index contributed by atoms with van der Waals surface area (Å²) >= 11 is 0. The van der Waals surface area contributed by atoms with E-state index in [1.807, 2.05) is 53.4 Å². The Kier molecular flexibility index (Phi) is 4.89. The van der Waals surface area contributed by atoms with Gasteiger partial charge in [-0.15, -0.1) is 0 Å².